The summed E-state index contributed by atoms with van der Waals surface area (Å²) in [6.07, 6.45) is 1.65. The Bertz CT molecular complexity index is 476. The molecular formula is C11H12ClN3. The van der Waals surface area contributed by atoms with Gasteiger partial charge in [0.05, 0.1) is 23.5 Å². The van der Waals surface area contributed by atoms with Gasteiger partial charge in [-0.1, -0.05) is 29.8 Å². The zero-order chi connectivity index (χ0) is 10.8. The Balaban J connectivity index is 2.30. The summed E-state index contributed by atoms with van der Waals surface area (Å²) < 4.78 is 1.84. The minimum atomic E-state index is 0.658. The summed E-state index contributed by atoms with van der Waals surface area (Å²) in [4.78, 5) is 0. The summed E-state index contributed by atoms with van der Waals surface area (Å²) in [5.41, 5.74) is 8.65. The standard InChI is InChI=1S/C11H12ClN3/c1-8-10(12)6-14-15(8)7-9-4-2-3-5-11(9)13/h2-6H,7,13H2,1H3. The molecule has 0 fully saturated rings. The highest BCUT2D eigenvalue weighted by Gasteiger charge is 2.05. The maximum atomic E-state index is 5.92. The zero-order valence-electron chi connectivity index (χ0n) is 8.44. The van der Waals surface area contributed by atoms with Gasteiger partial charge in [0.25, 0.3) is 0 Å². The van der Waals surface area contributed by atoms with E-state index in [4.69, 9.17) is 17.3 Å². The molecule has 3 nitrogen and oxygen atoms in total. The maximum Gasteiger partial charge on any atom is 0.0815 e. The number of para-hydroxylation sites is 1. The molecule has 0 bridgehead atoms. The molecule has 1 aromatic heterocycles. The van der Waals surface area contributed by atoms with Crippen LogP contribution < -0.4 is 5.73 Å². The molecule has 2 N–H and O–H groups in total. The van der Waals surface area contributed by atoms with Crippen LogP contribution in [0.15, 0.2) is 30.5 Å². The third-order valence-corrected chi connectivity index (χ3v) is 2.79. The predicted octanol–water partition coefficient (Wildman–Crippen LogP) is 2.48. The quantitative estimate of drug-likeness (QED) is 0.792. The van der Waals surface area contributed by atoms with Gasteiger partial charge in [0, 0.05) is 5.69 Å². The van der Waals surface area contributed by atoms with Crippen molar-refractivity contribution in [2.45, 2.75) is 13.5 Å². The largest absolute Gasteiger partial charge is 0.398 e. The number of hydrogen-bond acceptors (Lipinski definition) is 2. The summed E-state index contributed by atoms with van der Waals surface area (Å²) in [7, 11) is 0. The van der Waals surface area contributed by atoms with Crippen molar-refractivity contribution in [2.75, 3.05) is 5.73 Å². The third kappa shape index (κ3) is 1.97. The van der Waals surface area contributed by atoms with E-state index in [0.29, 0.717) is 11.6 Å². The molecule has 0 unspecified atom stereocenters. The van der Waals surface area contributed by atoms with Gasteiger partial charge in [-0.15, -0.1) is 0 Å². The second-order valence-electron chi connectivity index (χ2n) is 3.43. The molecule has 15 heavy (non-hydrogen) atoms. The summed E-state index contributed by atoms with van der Waals surface area (Å²) >= 11 is 5.92. The van der Waals surface area contributed by atoms with E-state index in [1.807, 2.05) is 35.9 Å². The van der Waals surface area contributed by atoms with Crippen molar-refractivity contribution in [1.29, 1.82) is 0 Å². The molecule has 4 heteroatoms. The Hall–Kier alpha value is -1.48. The normalized spacial score (nSPS) is 10.5. The van der Waals surface area contributed by atoms with Crippen LogP contribution in [0, 0.1) is 6.92 Å². The Morgan fingerprint density at radius 2 is 2.13 bits per heavy atom. The average molecular weight is 222 g/mol. The number of hydrogen-bond donors (Lipinski definition) is 1. The van der Waals surface area contributed by atoms with Crippen molar-refractivity contribution in [2.24, 2.45) is 0 Å². The second-order valence-corrected chi connectivity index (χ2v) is 3.84. The van der Waals surface area contributed by atoms with Crippen molar-refractivity contribution in [3.63, 3.8) is 0 Å². The van der Waals surface area contributed by atoms with E-state index in [1.54, 1.807) is 6.20 Å². The molecule has 0 atom stereocenters. The van der Waals surface area contributed by atoms with Crippen molar-refractivity contribution in [3.8, 4) is 0 Å². The first-order valence-corrected chi connectivity index (χ1v) is 5.07. The van der Waals surface area contributed by atoms with E-state index in [0.717, 1.165) is 16.9 Å². The molecule has 0 saturated heterocycles. The Morgan fingerprint density at radius 3 is 2.73 bits per heavy atom. The molecule has 0 amide bonds. The number of rotatable bonds is 2. The molecular weight excluding hydrogens is 210 g/mol. The van der Waals surface area contributed by atoms with Crippen molar-refractivity contribution in [3.05, 3.63) is 46.7 Å². The Labute approximate surface area is 93.5 Å². The molecule has 0 aliphatic rings. The summed E-state index contributed by atoms with van der Waals surface area (Å²) in [5, 5.41) is 4.87. The number of nitrogens with zero attached hydrogens (tertiary/aromatic N) is 2. The number of aromatic nitrogens is 2. The fourth-order valence-corrected chi connectivity index (χ4v) is 1.56. The first kappa shape index (κ1) is 10.1. The lowest BCUT2D eigenvalue weighted by Crippen LogP contribution is -2.05. The molecule has 0 spiro atoms. The molecule has 78 valence electrons. The Morgan fingerprint density at radius 1 is 1.40 bits per heavy atom. The van der Waals surface area contributed by atoms with Gasteiger partial charge in [0.2, 0.25) is 0 Å². The first-order valence-electron chi connectivity index (χ1n) is 4.70. The van der Waals surface area contributed by atoms with Crippen LogP contribution in [-0.2, 0) is 6.54 Å². The van der Waals surface area contributed by atoms with Crippen LogP contribution in [0.1, 0.15) is 11.3 Å². The summed E-state index contributed by atoms with van der Waals surface area (Å²) in [6, 6.07) is 7.76. The predicted molar refractivity (Wildman–Crippen MR) is 61.9 cm³/mol. The van der Waals surface area contributed by atoms with E-state index < -0.39 is 0 Å². The lowest BCUT2D eigenvalue weighted by Gasteiger charge is -2.07. The molecule has 0 aliphatic carbocycles. The number of anilines is 1. The fourth-order valence-electron chi connectivity index (χ4n) is 1.42. The van der Waals surface area contributed by atoms with Gasteiger partial charge < -0.3 is 5.73 Å². The van der Waals surface area contributed by atoms with E-state index in [-0.39, 0.29) is 0 Å². The molecule has 1 aromatic carbocycles. The van der Waals surface area contributed by atoms with Gasteiger partial charge in [0.1, 0.15) is 0 Å². The SMILES string of the molecule is Cc1c(Cl)cnn1Cc1ccccc1N. The molecule has 2 rings (SSSR count). The summed E-state index contributed by atoms with van der Waals surface area (Å²) in [5.74, 6) is 0. The zero-order valence-corrected chi connectivity index (χ0v) is 9.20. The van der Waals surface area contributed by atoms with E-state index >= 15 is 0 Å². The maximum absolute atomic E-state index is 5.92. The van der Waals surface area contributed by atoms with Crippen LogP contribution >= 0.6 is 11.6 Å². The van der Waals surface area contributed by atoms with Gasteiger partial charge in [0.15, 0.2) is 0 Å². The average Bonchev–Trinajstić information content (AvgIpc) is 2.53. The lowest BCUT2D eigenvalue weighted by atomic mass is 10.2. The van der Waals surface area contributed by atoms with Gasteiger partial charge in [-0.3, -0.25) is 4.68 Å². The van der Waals surface area contributed by atoms with Crippen LogP contribution in [0.4, 0.5) is 5.69 Å². The number of halogens is 1. The highest BCUT2D eigenvalue weighted by atomic mass is 35.5. The Kier molecular flexibility index (Phi) is 2.64. The first-order chi connectivity index (χ1) is 7.18. The smallest absolute Gasteiger partial charge is 0.0815 e. The fraction of sp³-hybridized carbons (Fsp3) is 0.182. The monoisotopic (exact) mass is 221 g/mol. The highest BCUT2D eigenvalue weighted by molar-refractivity contribution is 6.31. The molecule has 0 saturated carbocycles. The minimum absolute atomic E-state index is 0.658. The van der Waals surface area contributed by atoms with E-state index in [2.05, 4.69) is 5.10 Å². The van der Waals surface area contributed by atoms with Gasteiger partial charge in [-0.25, -0.2) is 0 Å². The van der Waals surface area contributed by atoms with Crippen LogP contribution in [0.25, 0.3) is 0 Å². The van der Waals surface area contributed by atoms with Crippen LogP contribution in [0.5, 0.6) is 0 Å². The minimum Gasteiger partial charge on any atom is -0.398 e. The molecule has 1 heterocycles. The molecule has 2 aromatic rings. The lowest BCUT2D eigenvalue weighted by molar-refractivity contribution is 0.666. The third-order valence-electron chi connectivity index (χ3n) is 2.42. The highest BCUT2D eigenvalue weighted by Crippen LogP contribution is 2.17. The van der Waals surface area contributed by atoms with E-state index in [1.165, 1.54) is 0 Å². The van der Waals surface area contributed by atoms with Crippen molar-refractivity contribution < 1.29 is 0 Å². The summed E-state index contributed by atoms with van der Waals surface area (Å²) in [6.45, 7) is 2.60. The van der Waals surface area contributed by atoms with Crippen LogP contribution in [-0.4, -0.2) is 9.78 Å². The van der Waals surface area contributed by atoms with Gasteiger partial charge in [-0.05, 0) is 18.6 Å². The van der Waals surface area contributed by atoms with Crippen LogP contribution in [0.3, 0.4) is 0 Å². The van der Waals surface area contributed by atoms with Crippen molar-refractivity contribution in [1.82, 2.24) is 9.78 Å². The van der Waals surface area contributed by atoms with Crippen molar-refractivity contribution >= 4 is 17.3 Å². The molecule has 0 radical (unpaired) electrons. The number of nitrogens with two attached hydrogens (primary N) is 1. The van der Waals surface area contributed by atoms with Gasteiger partial charge >= 0.3 is 0 Å². The number of nitrogen functional groups attached to an aromatic ring is 1. The second kappa shape index (κ2) is 3.95. The van der Waals surface area contributed by atoms with Gasteiger partial charge in [-0.2, -0.15) is 5.10 Å². The number of benzene rings is 1. The topological polar surface area (TPSA) is 43.8 Å². The van der Waals surface area contributed by atoms with Crippen LogP contribution in [0.2, 0.25) is 5.02 Å². The van der Waals surface area contributed by atoms with E-state index in [9.17, 15) is 0 Å². The molecule has 0 aliphatic heterocycles.